The summed E-state index contributed by atoms with van der Waals surface area (Å²) in [4.78, 5) is 26.0. The van der Waals surface area contributed by atoms with E-state index in [2.05, 4.69) is 0 Å². The number of carbonyl (C=O) groups excluding carboxylic acids is 2. The lowest BCUT2D eigenvalue weighted by molar-refractivity contribution is -0.122. The molecule has 1 heterocycles. The van der Waals surface area contributed by atoms with Crippen molar-refractivity contribution in [2.75, 3.05) is 4.90 Å². The van der Waals surface area contributed by atoms with Crippen LogP contribution in [0.15, 0.2) is 29.8 Å². The Morgan fingerprint density at radius 3 is 2.53 bits per heavy atom. The number of aryl methyl sites for hydroxylation is 2. The first-order chi connectivity index (χ1) is 9.08. The van der Waals surface area contributed by atoms with Crippen molar-refractivity contribution in [3.63, 3.8) is 0 Å². The van der Waals surface area contributed by atoms with Gasteiger partial charge in [0.15, 0.2) is 5.78 Å². The molecule has 1 aromatic carbocycles. The number of carbonyl (C=O) groups is 2. The number of para-hydroxylation sites is 1. The normalized spacial score (nSPS) is 22.5. The summed E-state index contributed by atoms with van der Waals surface area (Å²) in [6.45, 7) is 4.06. The Kier molecular flexibility index (Phi) is 2.77. The topological polar surface area (TPSA) is 37.4 Å². The lowest BCUT2D eigenvalue weighted by Crippen LogP contribution is -2.46. The Morgan fingerprint density at radius 2 is 1.84 bits per heavy atom. The van der Waals surface area contributed by atoms with Gasteiger partial charge >= 0.3 is 0 Å². The van der Waals surface area contributed by atoms with Crippen LogP contribution in [-0.4, -0.2) is 17.7 Å². The summed E-state index contributed by atoms with van der Waals surface area (Å²) in [6, 6.07) is 6.12. The maximum Gasteiger partial charge on any atom is 0.232 e. The van der Waals surface area contributed by atoms with E-state index in [9.17, 15) is 9.59 Å². The van der Waals surface area contributed by atoms with E-state index >= 15 is 0 Å². The number of hydrogen-bond acceptors (Lipinski definition) is 2. The molecule has 1 atom stereocenters. The fourth-order valence-corrected chi connectivity index (χ4v) is 3.12. The van der Waals surface area contributed by atoms with E-state index in [-0.39, 0.29) is 24.2 Å². The van der Waals surface area contributed by atoms with E-state index in [1.807, 2.05) is 43.0 Å². The number of anilines is 1. The second-order valence-electron chi connectivity index (χ2n) is 5.40. The minimum absolute atomic E-state index is 0.0490. The Morgan fingerprint density at radius 1 is 1.16 bits per heavy atom. The van der Waals surface area contributed by atoms with Gasteiger partial charge in [-0.2, -0.15) is 0 Å². The standard InChI is InChI=1S/C16H17NO2/c1-10-4-3-5-11(2)16(10)17-13-6-7-14(18)12(8-13)9-15(17)19/h3-5,8,13H,6-7,9H2,1-2H3. The molecular formula is C16H17NO2. The molecule has 2 bridgehead atoms. The van der Waals surface area contributed by atoms with Crippen LogP contribution in [0.5, 0.6) is 0 Å². The predicted molar refractivity (Wildman–Crippen MR) is 74.1 cm³/mol. The van der Waals surface area contributed by atoms with Crippen molar-refractivity contribution in [1.29, 1.82) is 0 Å². The fraction of sp³-hybridized carbons (Fsp3) is 0.375. The van der Waals surface area contributed by atoms with Crippen LogP contribution in [0.25, 0.3) is 0 Å². The van der Waals surface area contributed by atoms with E-state index in [0.717, 1.165) is 23.2 Å². The number of Topliss-reactive ketones (excluding diaryl/α,β-unsaturated/α-hetero) is 1. The molecule has 0 aromatic heterocycles. The average molecular weight is 255 g/mol. The van der Waals surface area contributed by atoms with Crippen molar-refractivity contribution in [1.82, 2.24) is 0 Å². The van der Waals surface area contributed by atoms with Crippen molar-refractivity contribution in [3.8, 4) is 0 Å². The molecule has 1 aliphatic carbocycles. The zero-order valence-corrected chi connectivity index (χ0v) is 11.3. The molecule has 2 aliphatic rings. The number of nitrogens with zero attached hydrogens (tertiary/aromatic N) is 1. The summed E-state index contributed by atoms with van der Waals surface area (Å²) in [6.07, 6.45) is 3.54. The molecule has 0 saturated heterocycles. The molecule has 1 amide bonds. The smallest absolute Gasteiger partial charge is 0.232 e. The summed E-state index contributed by atoms with van der Waals surface area (Å²) < 4.78 is 0. The lowest BCUT2D eigenvalue weighted by Gasteiger charge is -2.38. The van der Waals surface area contributed by atoms with Crippen molar-refractivity contribution < 1.29 is 9.59 Å². The third kappa shape index (κ3) is 1.89. The van der Waals surface area contributed by atoms with Gasteiger partial charge in [-0.1, -0.05) is 24.3 Å². The van der Waals surface area contributed by atoms with Crippen LogP contribution in [-0.2, 0) is 9.59 Å². The van der Waals surface area contributed by atoms with E-state index in [4.69, 9.17) is 0 Å². The van der Waals surface area contributed by atoms with E-state index in [0.29, 0.717) is 12.0 Å². The van der Waals surface area contributed by atoms with Gasteiger partial charge in [0, 0.05) is 12.0 Å². The molecule has 19 heavy (non-hydrogen) atoms. The first-order valence-corrected chi connectivity index (χ1v) is 6.70. The van der Waals surface area contributed by atoms with Crippen LogP contribution >= 0.6 is 0 Å². The summed E-state index contributed by atoms with van der Waals surface area (Å²) in [5.74, 6) is 0.193. The molecule has 1 aromatic rings. The van der Waals surface area contributed by atoms with E-state index in [1.54, 1.807) is 0 Å². The molecule has 0 spiro atoms. The quantitative estimate of drug-likeness (QED) is 0.773. The Bertz CT molecular complexity index is 581. The molecule has 0 saturated carbocycles. The maximum atomic E-state index is 12.4. The van der Waals surface area contributed by atoms with Crippen LogP contribution in [0.3, 0.4) is 0 Å². The highest BCUT2D eigenvalue weighted by molar-refractivity contribution is 6.08. The lowest BCUT2D eigenvalue weighted by atomic mass is 9.86. The Hall–Kier alpha value is -1.90. The van der Waals surface area contributed by atoms with Gasteiger partial charge in [0.1, 0.15) is 0 Å². The van der Waals surface area contributed by atoms with Crippen LogP contribution in [0.1, 0.15) is 30.4 Å². The molecule has 1 unspecified atom stereocenters. The molecule has 3 nitrogen and oxygen atoms in total. The van der Waals surface area contributed by atoms with Gasteiger partial charge in [0.25, 0.3) is 0 Å². The molecular weight excluding hydrogens is 238 g/mol. The minimum Gasteiger partial charge on any atom is -0.305 e. The van der Waals surface area contributed by atoms with Crippen LogP contribution < -0.4 is 4.90 Å². The summed E-state index contributed by atoms with van der Waals surface area (Å²) in [5.41, 5.74) is 3.95. The van der Waals surface area contributed by atoms with Crippen molar-refractivity contribution in [2.24, 2.45) is 0 Å². The van der Waals surface area contributed by atoms with Gasteiger partial charge in [-0.15, -0.1) is 0 Å². The summed E-state index contributed by atoms with van der Waals surface area (Å²) in [5, 5.41) is 0. The van der Waals surface area contributed by atoms with Gasteiger partial charge in [0.2, 0.25) is 5.91 Å². The zero-order chi connectivity index (χ0) is 13.6. The first kappa shape index (κ1) is 12.2. The molecule has 3 heteroatoms. The number of benzene rings is 1. The van der Waals surface area contributed by atoms with Gasteiger partial charge in [-0.05, 0) is 31.4 Å². The second kappa shape index (κ2) is 4.34. The first-order valence-electron chi connectivity index (χ1n) is 6.70. The largest absolute Gasteiger partial charge is 0.305 e. The number of amides is 1. The number of rotatable bonds is 1. The van der Waals surface area contributed by atoms with Gasteiger partial charge in [0.05, 0.1) is 18.2 Å². The third-order valence-corrected chi connectivity index (χ3v) is 4.04. The molecule has 98 valence electrons. The van der Waals surface area contributed by atoms with Gasteiger partial charge in [-0.3, -0.25) is 9.59 Å². The van der Waals surface area contributed by atoms with Gasteiger partial charge in [-0.25, -0.2) is 0 Å². The highest BCUT2D eigenvalue weighted by atomic mass is 16.2. The summed E-state index contributed by atoms with van der Waals surface area (Å²) >= 11 is 0. The van der Waals surface area contributed by atoms with Gasteiger partial charge < -0.3 is 4.90 Å². The monoisotopic (exact) mass is 255 g/mol. The van der Waals surface area contributed by atoms with E-state index in [1.165, 1.54) is 0 Å². The average Bonchev–Trinajstić information content (AvgIpc) is 2.36. The molecule has 0 fully saturated rings. The predicted octanol–water partition coefficient (Wildman–Crippen LogP) is 2.70. The Labute approximate surface area is 112 Å². The van der Waals surface area contributed by atoms with E-state index < -0.39 is 0 Å². The molecule has 3 rings (SSSR count). The summed E-state index contributed by atoms with van der Waals surface area (Å²) in [7, 11) is 0. The fourth-order valence-electron chi connectivity index (χ4n) is 3.12. The highest BCUT2D eigenvalue weighted by Crippen LogP contribution is 2.35. The second-order valence-corrected chi connectivity index (χ2v) is 5.40. The van der Waals surface area contributed by atoms with Crippen molar-refractivity contribution in [2.45, 2.75) is 39.2 Å². The SMILES string of the molecule is Cc1cccc(C)c1N1C(=O)CC2=CC1CCC2=O. The van der Waals surface area contributed by atoms with Crippen molar-refractivity contribution in [3.05, 3.63) is 41.0 Å². The molecule has 0 N–H and O–H groups in total. The molecule has 0 radical (unpaired) electrons. The Balaban J connectivity index is 2.09. The minimum atomic E-state index is 0.0490. The van der Waals surface area contributed by atoms with Crippen LogP contribution in [0.2, 0.25) is 0 Å². The van der Waals surface area contributed by atoms with Crippen LogP contribution in [0.4, 0.5) is 5.69 Å². The third-order valence-electron chi connectivity index (χ3n) is 4.04. The number of ketones is 1. The van der Waals surface area contributed by atoms with Crippen molar-refractivity contribution >= 4 is 17.4 Å². The van der Waals surface area contributed by atoms with Crippen LogP contribution in [0, 0.1) is 13.8 Å². The number of hydrogen-bond donors (Lipinski definition) is 0. The molecule has 1 aliphatic heterocycles. The highest BCUT2D eigenvalue weighted by Gasteiger charge is 2.36. The number of fused-ring (bicyclic) bond motifs is 1. The zero-order valence-electron chi connectivity index (χ0n) is 11.3. The maximum absolute atomic E-state index is 12.4.